The quantitative estimate of drug-likeness (QED) is 0.172. The van der Waals surface area contributed by atoms with Crippen LogP contribution >= 0.6 is 0 Å². The molecule has 2 aliphatic rings. The molecule has 0 saturated carbocycles. The zero-order valence-electron chi connectivity index (χ0n) is 31.5. The molecule has 0 aliphatic heterocycles. The lowest BCUT2D eigenvalue weighted by Gasteiger charge is -2.27. The average molecular weight is 709 g/mol. The van der Waals surface area contributed by atoms with Crippen molar-refractivity contribution in [3.05, 3.63) is 192 Å². The van der Waals surface area contributed by atoms with E-state index in [0.29, 0.717) is 17.6 Å². The highest BCUT2D eigenvalue weighted by molar-refractivity contribution is 5.94. The number of hydrogen-bond acceptors (Lipinski definition) is 4. The molecule has 0 radical (unpaired) electrons. The van der Waals surface area contributed by atoms with Crippen LogP contribution in [-0.2, 0) is 10.8 Å². The lowest BCUT2D eigenvalue weighted by Crippen LogP contribution is -2.18. The summed E-state index contributed by atoms with van der Waals surface area (Å²) in [5.74, 6) is 1.82. The molecule has 0 atom stereocenters. The van der Waals surface area contributed by atoms with Crippen LogP contribution in [0.5, 0.6) is 0 Å². The maximum absolute atomic E-state index is 5.39. The standard InChI is InChI=1S/C51H40N4/c1-50(2)42-23-14-12-21-40(42)46-43(50)24-15-25-45(46)55(37-18-9-6-10-19-37)49-53-47(35-28-26-34(27-29-35)33-16-7-5-8-17-33)52-48(54-49)36-30-31-39-38-20-11-13-22-41(38)51(3,4)44(39)32-36/h5-32H,1-4H3. The van der Waals surface area contributed by atoms with E-state index in [9.17, 15) is 0 Å². The maximum Gasteiger partial charge on any atom is 0.238 e. The highest BCUT2D eigenvalue weighted by Gasteiger charge is 2.39. The van der Waals surface area contributed by atoms with Crippen molar-refractivity contribution in [3.8, 4) is 56.2 Å². The van der Waals surface area contributed by atoms with Gasteiger partial charge in [-0.15, -0.1) is 0 Å². The molecule has 8 aromatic rings. The second-order valence-corrected chi connectivity index (χ2v) is 15.7. The summed E-state index contributed by atoms with van der Waals surface area (Å²) < 4.78 is 0. The number of rotatable bonds is 6. The molecular weight excluding hydrogens is 669 g/mol. The van der Waals surface area contributed by atoms with Gasteiger partial charge in [0.15, 0.2) is 11.6 Å². The van der Waals surface area contributed by atoms with Gasteiger partial charge in [0.1, 0.15) is 0 Å². The molecule has 2 aliphatic carbocycles. The predicted molar refractivity (Wildman–Crippen MR) is 226 cm³/mol. The third-order valence-electron chi connectivity index (χ3n) is 11.8. The van der Waals surface area contributed by atoms with Crippen molar-refractivity contribution >= 4 is 17.3 Å². The SMILES string of the molecule is CC1(C)c2ccccc2-c2ccc(-c3nc(-c4ccc(-c5ccccc5)cc4)nc(N(c4ccccc4)c4cccc5c4-c4ccccc4C5(C)C)n3)cc21. The molecule has 4 heteroatoms. The fourth-order valence-electron chi connectivity index (χ4n) is 8.87. The van der Waals surface area contributed by atoms with Crippen LogP contribution in [0.2, 0.25) is 0 Å². The Morgan fingerprint density at radius 2 is 0.891 bits per heavy atom. The molecule has 55 heavy (non-hydrogen) atoms. The van der Waals surface area contributed by atoms with Gasteiger partial charge in [-0.25, -0.2) is 4.98 Å². The Hall–Kier alpha value is -6.65. The summed E-state index contributed by atoms with van der Waals surface area (Å²) in [7, 11) is 0. The monoisotopic (exact) mass is 708 g/mol. The molecule has 0 saturated heterocycles. The van der Waals surface area contributed by atoms with Gasteiger partial charge in [0.25, 0.3) is 0 Å². The van der Waals surface area contributed by atoms with Gasteiger partial charge in [0, 0.05) is 33.2 Å². The van der Waals surface area contributed by atoms with Crippen LogP contribution < -0.4 is 4.90 Å². The summed E-state index contributed by atoms with van der Waals surface area (Å²) in [6.45, 7) is 9.26. The normalized spacial score (nSPS) is 14.1. The van der Waals surface area contributed by atoms with E-state index in [-0.39, 0.29) is 10.8 Å². The number of nitrogens with zero attached hydrogens (tertiary/aromatic N) is 4. The third-order valence-corrected chi connectivity index (χ3v) is 11.8. The molecule has 1 aromatic heterocycles. The first-order valence-corrected chi connectivity index (χ1v) is 19.0. The second-order valence-electron chi connectivity index (χ2n) is 15.7. The summed E-state index contributed by atoms with van der Waals surface area (Å²) in [5.41, 5.74) is 16.1. The Morgan fingerprint density at radius 3 is 1.62 bits per heavy atom. The highest BCUT2D eigenvalue weighted by Crippen LogP contribution is 2.54. The van der Waals surface area contributed by atoms with Crippen LogP contribution in [0.4, 0.5) is 17.3 Å². The molecule has 4 nitrogen and oxygen atoms in total. The van der Waals surface area contributed by atoms with E-state index in [4.69, 9.17) is 15.0 Å². The zero-order chi connectivity index (χ0) is 37.3. The lowest BCUT2D eigenvalue weighted by atomic mass is 9.82. The Morgan fingerprint density at radius 1 is 0.382 bits per heavy atom. The number of para-hydroxylation sites is 1. The van der Waals surface area contributed by atoms with Gasteiger partial charge in [-0.3, -0.25) is 4.90 Å². The topological polar surface area (TPSA) is 41.9 Å². The minimum atomic E-state index is -0.158. The van der Waals surface area contributed by atoms with Crippen molar-refractivity contribution in [2.24, 2.45) is 0 Å². The van der Waals surface area contributed by atoms with Gasteiger partial charge in [0.2, 0.25) is 5.95 Å². The van der Waals surface area contributed by atoms with E-state index >= 15 is 0 Å². The largest absolute Gasteiger partial charge is 0.278 e. The van der Waals surface area contributed by atoms with Gasteiger partial charge in [-0.2, -0.15) is 9.97 Å². The molecular formula is C51H40N4. The molecule has 0 spiro atoms. The fraction of sp³-hybridized carbons (Fsp3) is 0.118. The Balaban J connectivity index is 1.20. The molecule has 0 unspecified atom stereocenters. The third kappa shape index (κ3) is 5.24. The first-order chi connectivity index (χ1) is 26.8. The summed E-state index contributed by atoms with van der Waals surface area (Å²) in [4.78, 5) is 18.2. The molecule has 264 valence electrons. The van der Waals surface area contributed by atoms with Crippen molar-refractivity contribution in [1.29, 1.82) is 0 Å². The van der Waals surface area contributed by atoms with Crippen molar-refractivity contribution in [2.45, 2.75) is 38.5 Å². The van der Waals surface area contributed by atoms with Gasteiger partial charge in [-0.05, 0) is 74.3 Å². The highest BCUT2D eigenvalue weighted by atomic mass is 15.3. The summed E-state index contributed by atoms with van der Waals surface area (Å²) >= 11 is 0. The van der Waals surface area contributed by atoms with Crippen LogP contribution in [0.25, 0.3) is 56.2 Å². The minimum absolute atomic E-state index is 0.158. The van der Waals surface area contributed by atoms with Crippen molar-refractivity contribution in [2.75, 3.05) is 4.90 Å². The summed E-state index contributed by atoms with van der Waals surface area (Å²) in [5, 5.41) is 0. The number of anilines is 3. The van der Waals surface area contributed by atoms with E-state index in [0.717, 1.165) is 28.1 Å². The van der Waals surface area contributed by atoms with Crippen LogP contribution in [0.15, 0.2) is 170 Å². The van der Waals surface area contributed by atoms with E-state index in [1.165, 1.54) is 50.1 Å². The Kier molecular flexibility index (Phi) is 7.47. The van der Waals surface area contributed by atoms with Crippen molar-refractivity contribution in [3.63, 3.8) is 0 Å². The van der Waals surface area contributed by atoms with Crippen molar-refractivity contribution in [1.82, 2.24) is 15.0 Å². The van der Waals surface area contributed by atoms with Gasteiger partial charge >= 0.3 is 0 Å². The smallest absolute Gasteiger partial charge is 0.238 e. The number of hydrogen-bond donors (Lipinski definition) is 0. The zero-order valence-corrected chi connectivity index (χ0v) is 31.5. The predicted octanol–water partition coefficient (Wildman–Crippen LogP) is 13.0. The molecule has 0 amide bonds. The van der Waals surface area contributed by atoms with Crippen molar-refractivity contribution < 1.29 is 0 Å². The average Bonchev–Trinajstić information content (AvgIpc) is 3.61. The van der Waals surface area contributed by atoms with Gasteiger partial charge in [0.05, 0.1) is 5.69 Å². The first kappa shape index (κ1) is 33.0. The molecule has 0 N–H and O–H groups in total. The van der Waals surface area contributed by atoms with Crippen LogP contribution in [-0.4, -0.2) is 15.0 Å². The van der Waals surface area contributed by atoms with Gasteiger partial charge < -0.3 is 0 Å². The maximum atomic E-state index is 5.39. The first-order valence-electron chi connectivity index (χ1n) is 19.0. The Bertz CT molecular complexity index is 2750. The van der Waals surface area contributed by atoms with E-state index < -0.39 is 0 Å². The minimum Gasteiger partial charge on any atom is -0.278 e. The molecule has 1 heterocycles. The second kappa shape index (κ2) is 12.5. The fourth-order valence-corrected chi connectivity index (χ4v) is 8.87. The van der Waals surface area contributed by atoms with Crippen LogP contribution in [0, 0.1) is 0 Å². The lowest BCUT2D eigenvalue weighted by molar-refractivity contribution is 0.660. The summed E-state index contributed by atoms with van der Waals surface area (Å²) in [6.07, 6.45) is 0. The number of benzene rings is 7. The van der Waals surface area contributed by atoms with E-state index in [2.05, 4.69) is 196 Å². The molecule has 10 rings (SSSR count). The van der Waals surface area contributed by atoms with Gasteiger partial charge in [-0.1, -0.05) is 173 Å². The number of aromatic nitrogens is 3. The number of fused-ring (bicyclic) bond motifs is 6. The molecule has 7 aromatic carbocycles. The molecule has 0 bridgehead atoms. The van der Waals surface area contributed by atoms with E-state index in [1.54, 1.807) is 0 Å². The summed E-state index contributed by atoms with van der Waals surface area (Å²) in [6, 6.07) is 60.4. The van der Waals surface area contributed by atoms with Crippen LogP contribution in [0.1, 0.15) is 49.9 Å². The molecule has 0 fully saturated rings. The van der Waals surface area contributed by atoms with Crippen LogP contribution in [0.3, 0.4) is 0 Å². The van der Waals surface area contributed by atoms with E-state index in [1.807, 2.05) is 6.07 Å². The Labute approximate surface area is 322 Å².